The first kappa shape index (κ1) is 37.3. The van der Waals surface area contributed by atoms with Crippen molar-refractivity contribution in [3.63, 3.8) is 0 Å². The number of hydrogen-bond acceptors (Lipinski definition) is 8. The molecule has 13 atom stereocenters. The lowest BCUT2D eigenvalue weighted by molar-refractivity contribution is -0.255. The van der Waals surface area contributed by atoms with E-state index in [0.29, 0.717) is 19.3 Å². The van der Waals surface area contributed by atoms with Crippen LogP contribution in [0.1, 0.15) is 114 Å². The standard InChI is InChI=1S/C40H62O8/c1-10-39-20-31(42)40(22-48-33(44)18-24(4)5)27(19-25(6)34(45)35(40)46)26(39)11-12-29-36(7)15-14-30(41)37(8,21-47-32(43)17-23(2)3)28(36)13-16-38(29,39)9/h11,17-18,25,27-31,34-35,41-42,45-46H,10,12-16,19-22H2,1-9H3/t25-,27?,28?,29?,30+,31-,34-,35+,36+,37-,38-,39-,40+/m1/s1. The third kappa shape index (κ3) is 5.47. The van der Waals surface area contributed by atoms with E-state index in [1.165, 1.54) is 17.7 Å². The van der Waals surface area contributed by atoms with Crippen LogP contribution in [0.15, 0.2) is 34.9 Å². The highest BCUT2D eigenvalue weighted by atomic mass is 16.5. The van der Waals surface area contributed by atoms with Gasteiger partial charge in [0.05, 0.1) is 36.4 Å². The first-order chi connectivity index (χ1) is 22.3. The normalized spacial score (nSPS) is 46.4. The molecule has 0 aliphatic heterocycles. The highest BCUT2D eigenvalue weighted by Gasteiger charge is 2.72. The fraction of sp³-hybridized carbons (Fsp3) is 0.800. The molecule has 0 aromatic rings. The summed E-state index contributed by atoms with van der Waals surface area (Å²) in [5, 5.41) is 46.9. The van der Waals surface area contributed by atoms with E-state index in [2.05, 4.69) is 33.8 Å². The van der Waals surface area contributed by atoms with E-state index in [-0.39, 0.29) is 59.1 Å². The predicted molar refractivity (Wildman–Crippen MR) is 184 cm³/mol. The van der Waals surface area contributed by atoms with E-state index < -0.39 is 41.2 Å². The average molecular weight is 671 g/mol. The van der Waals surface area contributed by atoms with Gasteiger partial charge in [-0.2, -0.15) is 0 Å². The van der Waals surface area contributed by atoms with Gasteiger partial charge in [0.2, 0.25) is 0 Å². The molecule has 0 bridgehead atoms. The highest BCUT2D eigenvalue weighted by Crippen LogP contribution is 2.76. The molecule has 8 nitrogen and oxygen atoms in total. The Labute approximate surface area is 288 Å². The van der Waals surface area contributed by atoms with Crippen LogP contribution in [-0.2, 0) is 19.1 Å². The molecule has 48 heavy (non-hydrogen) atoms. The molecule has 0 aromatic carbocycles. The summed E-state index contributed by atoms with van der Waals surface area (Å²) >= 11 is 0. The molecule has 0 amide bonds. The molecular weight excluding hydrogens is 608 g/mol. The molecule has 5 aliphatic carbocycles. The minimum absolute atomic E-state index is 0.136. The first-order valence-electron chi connectivity index (χ1n) is 18.4. The molecule has 5 aliphatic rings. The van der Waals surface area contributed by atoms with Crippen LogP contribution in [0, 0.1) is 50.7 Å². The maximum absolute atomic E-state index is 12.8. The van der Waals surface area contributed by atoms with Gasteiger partial charge < -0.3 is 29.9 Å². The maximum Gasteiger partial charge on any atom is 0.330 e. The smallest absolute Gasteiger partial charge is 0.330 e. The van der Waals surface area contributed by atoms with Crippen LogP contribution in [0.5, 0.6) is 0 Å². The summed E-state index contributed by atoms with van der Waals surface area (Å²) in [4.78, 5) is 25.4. The molecule has 0 heterocycles. The van der Waals surface area contributed by atoms with Gasteiger partial charge in [-0.15, -0.1) is 0 Å². The second kappa shape index (κ2) is 13.0. The largest absolute Gasteiger partial charge is 0.462 e. The molecule has 0 spiro atoms. The number of hydrogen-bond donors (Lipinski definition) is 4. The van der Waals surface area contributed by atoms with Gasteiger partial charge >= 0.3 is 11.9 Å². The topological polar surface area (TPSA) is 134 Å². The first-order valence-corrected chi connectivity index (χ1v) is 18.4. The molecule has 0 saturated heterocycles. The van der Waals surface area contributed by atoms with Crippen LogP contribution in [0.4, 0.5) is 0 Å². The molecule has 0 aromatic heterocycles. The summed E-state index contributed by atoms with van der Waals surface area (Å²) in [5.74, 6) is -0.922. The van der Waals surface area contributed by atoms with Gasteiger partial charge in [-0.3, -0.25) is 0 Å². The van der Waals surface area contributed by atoms with E-state index in [1.807, 2.05) is 34.6 Å². The van der Waals surface area contributed by atoms with Crippen molar-refractivity contribution in [2.45, 2.75) is 138 Å². The molecule has 3 unspecified atom stereocenters. The summed E-state index contributed by atoms with van der Waals surface area (Å²) in [6, 6.07) is 0. The van der Waals surface area contributed by atoms with Crippen LogP contribution in [0.2, 0.25) is 0 Å². The van der Waals surface area contributed by atoms with Gasteiger partial charge in [-0.25, -0.2) is 9.59 Å². The van der Waals surface area contributed by atoms with Crippen LogP contribution in [0.25, 0.3) is 0 Å². The number of carbonyl (C=O) groups excluding carboxylic acids is 2. The molecule has 270 valence electrons. The Kier molecular flexibility index (Phi) is 10.1. The van der Waals surface area contributed by atoms with Crippen molar-refractivity contribution in [1.82, 2.24) is 0 Å². The Morgan fingerprint density at radius 3 is 2.06 bits per heavy atom. The van der Waals surface area contributed by atoms with Gasteiger partial charge in [0, 0.05) is 17.6 Å². The lowest BCUT2D eigenvalue weighted by Gasteiger charge is -2.72. The minimum Gasteiger partial charge on any atom is -0.462 e. The van der Waals surface area contributed by atoms with Crippen molar-refractivity contribution < 1.29 is 39.5 Å². The number of aliphatic hydroxyl groups is 4. The van der Waals surface area contributed by atoms with Gasteiger partial charge in [0.1, 0.15) is 6.61 Å². The van der Waals surface area contributed by atoms with E-state index >= 15 is 0 Å². The number of carbonyl (C=O) groups is 2. The number of esters is 2. The number of rotatable bonds is 7. The van der Waals surface area contributed by atoms with Crippen LogP contribution in [-0.4, -0.2) is 70.0 Å². The molecule has 4 fully saturated rings. The van der Waals surface area contributed by atoms with Crippen molar-refractivity contribution in [3.05, 3.63) is 34.9 Å². The van der Waals surface area contributed by atoms with E-state index in [9.17, 15) is 30.0 Å². The van der Waals surface area contributed by atoms with Crippen molar-refractivity contribution in [2.24, 2.45) is 50.7 Å². The molecule has 0 radical (unpaired) electrons. The Bertz CT molecular complexity index is 1360. The summed E-state index contributed by atoms with van der Waals surface area (Å²) in [5.41, 5.74) is 0.454. The van der Waals surface area contributed by atoms with Crippen molar-refractivity contribution >= 4 is 11.9 Å². The third-order valence-electron chi connectivity index (χ3n) is 14.7. The molecule has 5 rings (SSSR count). The number of aliphatic hydroxyl groups excluding tert-OH is 4. The zero-order valence-electron chi connectivity index (χ0n) is 30.8. The molecule has 8 heteroatoms. The third-order valence-corrected chi connectivity index (χ3v) is 14.7. The summed E-state index contributed by atoms with van der Waals surface area (Å²) in [6.07, 6.45) is 7.41. The fourth-order valence-corrected chi connectivity index (χ4v) is 12.2. The average Bonchev–Trinajstić information content (AvgIpc) is 3.00. The van der Waals surface area contributed by atoms with Crippen molar-refractivity contribution in [3.8, 4) is 0 Å². The van der Waals surface area contributed by atoms with Crippen LogP contribution in [0.3, 0.4) is 0 Å². The zero-order valence-corrected chi connectivity index (χ0v) is 30.8. The fourth-order valence-electron chi connectivity index (χ4n) is 12.2. The number of allylic oxidation sites excluding steroid dienone is 4. The predicted octanol–water partition coefficient (Wildman–Crippen LogP) is 6.06. The van der Waals surface area contributed by atoms with Gasteiger partial charge in [0.25, 0.3) is 0 Å². The van der Waals surface area contributed by atoms with Crippen molar-refractivity contribution in [1.29, 1.82) is 0 Å². The lowest BCUT2D eigenvalue weighted by atomic mass is 9.32. The number of ether oxygens (including phenoxy) is 2. The summed E-state index contributed by atoms with van der Waals surface area (Å²) < 4.78 is 11.6. The second-order valence-electron chi connectivity index (χ2n) is 17.7. The van der Waals surface area contributed by atoms with E-state index in [1.54, 1.807) is 0 Å². The van der Waals surface area contributed by atoms with E-state index in [0.717, 1.165) is 43.3 Å². The lowest BCUT2D eigenvalue weighted by Crippen LogP contribution is -2.71. The van der Waals surface area contributed by atoms with Gasteiger partial charge in [-0.1, -0.05) is 57.4 Å². The molecule has 4 saturated carbocycles. The quantitative estimate of drug-likeness (QED) is 0.146. The van der Waals surface area contributed by atoms with E-state index in [4.69, 9.17) is 9.47 Å². The maximum atomic E-state index is 12.8. The van der Waals surface area contributed by atoms with Gasteiger partial charge in [0.15, 0.2) is 0 Å². The van der Waals surface area contributed by atoms with Crippen molar-refractivity contribution in [2.75, 3.05) is 13.2 Å². The monoisotopic (exact) mass is 670 g/mol. The Hall–Kier alpha value is -2.00. The Balaban J connectivity index is 1.56. The Morgan fingerprint density at radius 1 is 0.875 bits per heavy atom. The molecule has 4 N–H and O–H groups in total. The van der Waals surface area contributed by atoms with Crippen LogP contribution < -0.4 is 0 Å². The zero-order chi connectivity index (χ0) is 35.6. The second-order valence-corrected chi connectivity index (χ2v) is 17.7. The van der Waals surface area contributed by atoms with Crippen LogP contribution >= 0.6 is 0 Å². The highest BCUT2D eigenvalue weighted by molar-refractivity contribution is 5.83. The summed E-state index contributed by atoms with van der Waals surface area (Å²) in [7, 11) is 0. The summed E-state index contributed by atoms with van der Waals surface area (Å²) in [6.45, 7) is 18.5. The molecular formula is C40H62O8. The minimum atomic E-state index is -1.25. The van der Waals surface area contributed by atoms with Gasteiger partial charge in [-0.05, 0) is 119 Å². The Morgan fingerprint density at radius 2 is 1.48 bits per heavy atom. The SMILES string of the molecule is CC[C@@]12C[C@@H](O)[C@]3(COC(=O)C=C(C)C)C(C[C@@H](C)[C@@H](O)[C@@H]3O)C1=CCC1[C@@]3(C)CC[C@H](O)[C@](C)(COC(=O)C=C(C)C)C3CC[C@]12C. The number of fused-ring (bicyclic) bond motifs is 7.